The van der Waals surface area contributed by atoms with E-state index in [2.05, 4.69) is 17.4 Å². The summed E-state index contributed by atoms with van der Waals surface area (Å²) in [6, 6.07) is 8.08. The Bertz CT molecular complexity index is 408. The van der Waals surface area contributed by atoms with Gasteiger partial charge in [-0.15, -0.1) is 0 Å². The highest BCUT2D eigenvalue weighted by molar-refractivity contribution is 5.91. The van der Waals surface area contributed by atoms with Gasteiger partial charge < -0.3 is 4.98 Å². The Labute approximate surface area is 83.0 Å². The number of hydrogen-bond acceptors (Lipinski definition) is 2. The maximum absolute atomic E-state index is 5.28. The Morgan fingerprint density at radius 1 is 1.36 bits per heavy atom. The van der Waals surface area contributed by atoms with Crippen molar-refractivity contribution >= 4 is 16.6 Å². The van der Waals surface area contributed by atoms with Crippen LogP contribution in [0.4, 0.5) is 5.69 Å². The second kappa shape index (κ2) is 4.15. The molecule has 2 aromatic rings. The van der Waals surface area contributed by atoms with Gasteiger partial charge in [0.25, 0.3) is 0 Å². The molecule has 0 amide bonds. The van der Waals surface area contributed by atoms with Gasteiger partial charge in [-0.2, -0.15) is 0 Å². The molecule has 1 heterocycles. The number of hydrogen-bond donors (Lipinski definition) is 2. The average Bonchev–Trinajstić information content (AvgIpc) is 2.67. The lowest BCUT2D eigenvalue weighted by molar-refractivity contribution is 0.195. The van der Waals surface area contributed by atoms with E-state index in [0.29, 0.717) is 0 Å². The Morgan fingerprint density at radius 3 is 3.14 bits per heavy atom. The Kier molecular flexibility index (Phi) is 2.70. The topological polar surface area (TPSA) is 37.0 Å². The molecule has 0 saturated carbocycles. The second-order valence-corrected chi connectivity index (χ2v) is 3.20. The predicted octanol–water partition coefficient (Wildman–Crippen LogP) is 2.92. The molecule has 0 unspecified atom stereocenters. The maximum Gasteiger partial charge on any atom is 0.0743 e. The molecule has 1 aromatic carbocycles. The summed E-state index contributed by atoms with van der Waals surface area (Å²) in [5.41, 5.74) is 5.09. The van der Waals surface area contributed by atoms with E-state index in [9.17, 15) is 0 Å². The molecule has 0 radical (unpaired) electrons. The summed E-state index contributed by atoms with van der Waals surface area (Å²) in [6.07, 6.45) is 2.94. The fourth-order valence-electron chi connectivity index (χ4n) is 1.41. The number of fused-ring (bicyclic) bond motifs is 1. The van der Waals surface area contributed by atoms with E-state index < -0.39 is 0 Å². The van der Waals surface area contributed by atoms with Gasteiger partial charge in [-0.3, -0.25) is 10.3 Å². The molecule has 3 nitrogen and oxygen atoms in total. The highest BCUT2D eigenvalue weighted by atomic mass is 16.6. The molecular weight excluding hydrogens is 176 g/mol. The van der Waals surface area contributed by atoms with Crippen molar-refractivity contribution in [2.75, 3.05) is 12.1 Å². The predicted molar refractivity (Wildman–Crippen MR) is 58.2 cm³/mol. The third kappa shape index (κ3) is 1.72. The zero-order valence-corrected chi connectivity index (χ0v) is 8.21. The fourth-order valence-corrected chi connectivity index (χ4v) is 1.41. The molecule has 3 heteroatoms. The monoisotopic (exact) mass is 190 g/mol. The third-order valence-electron chi connectivity index (χ3n) is 2.08. The number of H-pyrrole nitrogens is 1. The molecular formula is C11H14N2O. The third-order valence-corrected chi connectivity index (χ3v) is 2.08. The fraction of sp³-hybridized carbons (Fsp3) is 0.273. The molecule has 0 bridgehead atoms. The highest BCUT2D eigenvalue weighted by Crippen LogP contribution is 2.21. The van der Waals surface area contributed by atoms with Gasteiger partial charge >= 0.3 is 0 Å². The van der Waals surface area contributed by atoms with Crippen LogP contribution in [0.25, 0.3) is 10.9 Å². The quantitative estimate of drug-likeness (QED) is 0.574. The molecule has 0 saturated heterocycles. The first-order valence-corrected chi connectivity index (χ1v) is 4.85. The summed E-state index contributed by atoms with van der Waals surface area (Å²) >= 11 is 0. The molecule has 0 aliphatic heterocycles. The zero-order chi connectivity index (χ0) is 9.80. The van der Waals surface area contributed by atoms with Crippen LogP contribution in [-0.2, 0) is 4.84 Å². The van der Waals surface area contributed by atoms with Gasteiger partial charge in [0.2, 0.25) is 0 Å². The van der Waals surface area contributed by atoms with Crippen LogP contribution in [0.1, 0.15) is 13.3 Å². The second-order valence-electron chi connectivity index (χ2n) is 3.20. The van der Waals surface area contributed by atoms with Crippen LogP contribution in [0.15, 0.2) is 30.5 Å². The first-order chi connectivity index (χ1) is 6.92. The standard InChI is InChI=1S/C11H14N2O/c1-2-8-14-13-11-5-3-4-10-9(11)6-7-12-10/h3-7,12-13H,2,8H2,1H3. The normalized spacial score (nSPS) is 10.6. The van der Waals surface area contributed by atoms with Crippen molar-refractivity contribution in [3.05, 3.63) is 30.5 Å². The van der Waals surface area contributed by atoms with Gasteiger partial charge in [0.05, 0.1) is 12.3 Å². The Balaban J connectivity index is 2.19. The van der Waals surface area contributed by atoms with Crippen molar-refractivity contribution in [2.45, 2.75) is 13.3 Å². The van der Waals surface area contributed by atoms with Gasteiger partial charge in [0, 0.05) is 17.1 Å². The van der Waals surface area contributed by atoms with Crippen LogP contribution in [-0.4, -0.2) is 11.6 Å². The Hall–Kier alpha value is -1.48. The van der Waals surface area contributed by atoms with Crippen LogP contribution in [0.3, 0.4) is 0 Å². The van der Waals surface area contributed by atoms with E-state index in [1.807, 2.05) is 30.5 Å². The smallest absolute Gasteiger partial charge is 0.0743 e. The number of anilines is 1. The van der Waals surface area contributed by atoms with Crippen molar-refractivity contribution in [1.82, 2.24) is 4.98 Å². The van der Waals surface area contributed by atoms with Crippen LogP contribution in [0.2, 0.25) is 0 Å². The number of aromatic amines is 1. The van der Waals surface area contributed by atoms with Gasteiger partial charge in [-0.05, 0) is 24.6 Å². The van der Waals surface area contributed by atoms with E-state index in [1.54, 1.807) is 0 Å². The van der Waals surface area contributed by atoms with E-state index >= 15 is 0 Å². The molecule has 74 valence electrons. The summed E-state index contributed by atoms with van der Waals surface area (Å²) in [7, 11) is 0. The molecule has 0 aliphatic carbocycles. The van der Waals surface area contributed by atoms with E-state index in [1.165, 1.54) is 0 Å². The Morgan fingerprint density at radius 2 is 2.29 bits per heavy atom. The lowest BCUT2D eigenvalue weighted by Crippen LogP contribution is -2.01. The van der Waals surface area contributed by atoms with Crippen molar-refractivity contribution in [2.24, 2.45) is 0 Å². The minimum Gasteiger partial charge on any atom is -0.361 e. The maximum atomic E-state index is 5.28. The summed E-state index contributed by atoms with van der Waals surface area (Å²) in [5, 5.41) is 1.16. The zero-order valence-electron chi connectivity index (χ0n) is 8.21. The minimum absolute atomic E-state index is 0.723. The lowest BCUT2D eigenvalue weighted by Gasteiger charge is -2.06. The summed E-state index contributed by atoms with van der Waals surface area (Å²) in [4.78, 5) is 8.44. The van der Waals surface area contributed by atoms with Crippen molar-refractivity contribution in [3.63, 3.8) is 0 Å². The number of benzene rings is 1. The number of aromatic nitrogens is 1. The van der Waals surface area contributed by atoms with Gasteiger partial charge in [-0.25, -0.2) is 0 Å². The first-order valence-electron chi connectivity index (χ1n) is 4.85. The number of rotatable bonds is 4. The largest absolute Gasteiger partial charge is 0.361 e. The van der Waals surface area contributed by atoms with Crippen LogP contribution >= 0.6 is 0 Å². The van der Waals surface area contributed by atoms with Crippen molar-refractivity contribution in [1.29, 1.82) is 0 Å². The molecule has 0 fully saturated rings. The minimum atomic E-state index is 0.723. The van der Waals surface area contributed by atoms with Crippen LogP contribution in [0, 0.1) is 0 Å². The molecule has 0 atom stereocenters. The SMILES string of the molecule is CCCONc1cccc2[nH]ccc12. The molecule has 2 N–H and O–H groups in total. The highest BCUT2D eigenvalue weighted by Gasteiger charge is 1.99. The van der Waals surface area contributed by atoms with E-state index in [4.69, 9.17) is 4.84 Å². The first kappa shape index (κ1) is 9.09. The van der Waals surface area contributed by atoms with E-state index in [0.717, 1.165) is 29.6 Å². The van der Waals surface area contributed by atoms with Crippen LogP contribution < -0.4 is 5.48 Å². The summed E-state index contributed by atoms with van der Waals surface area (Å²) < 4.78 is 0. The van der Waals surface area contributed by atoms with Crippen molar-refractivity contribution < 1.29 is 4.84 Å². The van der Waals surface area contributed by atoms with Crippen LogP contribution in [0.5, 0.6) is 0 Å². The molecule has 1 aromatic heterocycles. The van der Waals surface area contributed by atoms with Gasteiger partial charge in [-0.1, -0.05) is 13.0 Å². The average molecular weight is 190 g/mol. The summed E-state index contributed by atoms with van der Waals surface area (Å²) in [5.74, 6) is 0. The summed E-state index contributed by atoms with van der Waals surface area (Å²) in [6.45, 7) is 2.80. The van der Waals surface area contributed by atoms with Crippen molar-refractivity contribution in [3.8, 4) is 0 Å². The molecule has 2 rings (SSSR count). The van der Waals surface area contributed by atoms with Gasteiger partial charge in [0.15, 0.2) is 0 Å². The molecule has 0 aliphatic rings. The molecule has 0 spiro atoms. The van der Waals surface area contributed by atoms with E-state index in [-0.39, 0.29) is 0 Å². The number of nitrogens with one attached hydrogen (secondary N) is 2. The molecule has 14 heavy (non-hydrogen) atoms. The lowest BCUT2D eigenvalue weighted by atomic mass is 10.2. The van der Waals surface area contributed by atoms with Gasteiger partial charge in [0.1, 0.15) is 0 Å².